The summed E-state index contributed by atoms with van der Waals surface area (Å²) < 4.78 is 5.07. The Hall–Kier alpha value is -1.78. The van der Waals surface area contributed by atoms with E-state index in [-0.39, 0.29) is 10.6 Å². The standard InChI is InChI=1S/C13H20N2O3/c1-3-4-5-6-9-14-12-10-11(18-2)7-8-13(12)15(16)17/h7-8,10,14H,3-6,9H2,1-2H3. The Morgan fingerprint density at radius 3 is 2.72 bits per heavy atom. The zero-order valence-electron chi connectivity index (χ0n) is 10.9. The highest BCUT2D eigenvalue weighted by Crippen LogP contribution is 2.28. The fourth-order valence-electron chi connectivity index (χ4n) is 1.72. The number of anilines is 1. The number of rotatable bonds is 8. The first-order chi connectivity index (χ1) is 8.69. The van der Waals surface area contributed by atoms with Gasteiger partial charge in [0.15, 0.2) is 0 Å². The van der Waals surface area contributed by atoms with Crippen LogP contribution < -0.4 is 10.1 Å². The van der Waals surface area contributed by atoms with Crippen molar-refractivity contribution in [3.8, 4) is 5.75 Å². The number of nitro groups is 1. The predicted molar refractivity (Wildman–Crippen MR) is 72.3 cm³/mol. The summed E-state index contributed by atoms with van der Waals surface area (Å²) in [5.41, 5.74) is 0.613. The van der Waals surface area contributed by atoms with Gasteiger partial charge in [-0.1, -0.05) is 26.2 Å². The van der Waals surface area contributed by atoms with Gasteiger partial charge >= 0.3 is 0 Å². The van der Waals surface area contributed by atoms with Gasteiger partial charge in [0.1, 0.15) is 11.4 Å². The summed E-state index contributed by atoms with van der Waals surface area (Å²) in [4.78, 5) is 10.5. The van der Waals surface area contributed by atoms with Crippen molar-refractivity contribution < 1.29 is 9.66 Å². The van der Waals surface area contributed by atoms with E-state index < -0.39 is 0 Å². The molecule has 0 unspecified atom stereocenters. The number of hydrogen-bond acceptors (Lipinski definition) is 4. The number of hydrogen-bond donors (Lipinski definition) is 1. The lowest BCUT2D eigenvalue weighted by Crippen LogP contribution is -2.04. The number of nitro benzene ring substituents is 1. The molecule has 1 aromatic carbocycles. The Kier molecular flexibility index (Phi) is 5.97. The average Bonchev–Trinajstić information content (AvgIpc) is 2.38. The molecule has 1 N–H and O–H groups in total. The van der Waals surface area contributed by atoms with Crippen LogP contribution in [0.25, 0.3) is 0 Å². The van der Waals surface area contributed by atoms with E-state index in [1.54, 1.807) is 19.2 Å². The van der Waals surface area contributed by atoms with Crippen molar-refractivity contribution in [2.24, 2.45) is 0 Å². The molecule has 0 bridgehead atoms. The smallest absolute Gasteiger partial charge is 0.292 e. The molecule has 0 aliphatic rings. The minimum absolute atomic E-state index is 0.0892. The molecule has 0 saturated carbocycles. The maximum atomic E-state index is 10.9. The Morgan fingerprint density at radius 2 is 2.11 bits per heavy atom. The van der Waals surface area contributed by atoms with Crippen LogP contribution >= 0.6 is 0 Å². The summed E-state index contributed by atoms with van der Waals surface area (Å²) in [6.45, 7) is 2.90. The third kappa shape index (κ3) is 4.24. The maximum absolute atomic E-state index is 10.9. The molecule has 5 heteroatoms. The third-order valence-corrected chi connectivity index (χ3v) is 2.75. The van der Waals surface area contributed by atoms with Gasteiger partial charge in [-0.15, -0.1) is 0 Å². The number of nitrogens with zero attached hydrogens (tertiary/aromatic N) is 1. The van der Waals surface area contributed by atoms with Gasteiger partial charge in [0.25, 0.3) is 5.69 Å². The molecule has 0 aliphatic heterocycles. The van der Waals surface area contributed by atoms with Crippen LogP contribution in [0.4, 0.5) is 11.4 Å². The number of benzene rings is 1. The van der Waals surface area contributed by atoms with Crippen LogP contribution in [0.2, 0.25) is 0 Å². The largest absolute Gasteiger partial charge is 0.497 e. The van der Waals surface area contributed by atoms with E-state index in [9.17, 15) is 10.1 Å². The summed E-state index contributed by atoms with van der Waals surface area (Å²) >= 11 is 0. The second kappa shape index (κ2) is 7.53. The molecule has 0 radical (unpaired) electrons. The summed E-state index contributed by atoms with van der Waals surface area (Å²) in [5.74, 6) is 0.622. The van der Waals surface area contributed by atoms with Crippen LogP contribution in [0.15, 0.2) is 18.2 Å². The van der Waals surface area contributed by atoms with Crippen molar-refractivity contribution >= 4 is 11.4 Å². The normalized spacial score (nSPS) is 10.1. The van der Waals surface area contributed by atoms with Crippen LogP contribution in [0, 0.1) is 10.1 Å². The molecule has 0 aromatic heterocycles. The van der Waals surface area contributed by atoms with Gasteiger partial charge in [0, 0.05) is 18.7 Å². The number of methoxy groups -OCH3 is 1. The van der Waals surface area contributed by atoms with E-state index in [0.717, 1.165) is 19.4 Å². The molecule has 0 fully saturated rings. The molecule has 0 spiro atoms. The molecular weight excluding hydrogens is 232 g/mol. The summed E-state index contributed by atoms with van der Waals surface area (Å²) in [6.07, 6.45) is 4.53. The molecule has 1 aromatic rings. The average molecular weight is 252 g/mol. The van der Waals surface area contributed by atoms with E-state index in [2.05, 4.69) is 12.2 Å². The molecule has 0 heterocycles. The Labute approximate surface area is 107 Å². The molecule has 0 saturated heterocycles. The van der Waals surface area contributed by atoms with Gasteiger partial charge in [-0.05, 0) is 12.5 Å². The topological polar surface area (TPSA) is 64.4 Å². The predicted octanol–water partition coefficient (Wildman–Crippen LogP) is 3.60. The maximum Gasteiger partial charge on any atom is 0.292 e. The molecule has 0 amide bonds. The fraction of sp³-hybridized carbons (Fsp3) is 0.538. The van der Waals surface area contributed by atoms with E-state index in [1.165, 1.54) is 18.9 Å². The minimum atomic E-state index is -0.381. The summed E-state index contributed by atoms with van der Waals surface area (Å²) in [5, 5.41) is 14.0. The SMILES string of the molecule is CCCCCCNc1cc(OC)ccc1[N+](=O)[O-]. The van der Waals surface area contributed by atoms with Gasteiger partial charge in [-0.25, -0.2) is 0 Å². The molecule has 5 nitrogen and oxygen atoms in total. The van der Waals surface area contributed by atoms with Gasteiger partial charge in [0.05, 0.1) is 12.0 Å². The van der Waals surface area contributed by atoms with Gasteiger partial charge in [-0.2, -0.15) is 0 Å². The quantitative estimate of drug-likeness (QED) is 0.436. The van der Waals surface area contributed by atoms with E-state index in [0.29, 0.717) is 11.4 Å². The molecule has 100 valence electrons. The highest BCUT2D eigenvalue weighted by molar-refractivity contribution is 5.64. The summed E-state index contributed by atoms with van der Waals surface area (Å²) in [6, 6.07) is 4.73. The Balaban J connectivity index is 2.63. The molecule has 1 rings (SSSR count). The second-order valence-electron chi connectivity index (χ2n) is 4.13. The lowest BCUT2D eigenvalue weighted by Gasteiger charge is -2.08. The molecule has 0 aliphatic carbocycles. The van der Waals surface area contributed by atoms with Crippen LogP contribution in [0.1, 0.15) is 32.6 Å². The van der Waals surface area contributed by atoms with Crippen molar-refractivity contribution in [2.45, 2.75) is 32.6 Å². The van der Waals surface area contributed by atoms with Crippen LogP contribution in [-0.2, 0) is 0 Å². The first-order valence-corrected chi connectivity index (χ1v) is 6.25. The first-order valence-electron chi connectivity index (χ1n) is 6.25. The zero-order chi connectivity index (χ0) is 13.4. The van der Waals surface area contributed by atoms with Crippen LogP contribution in [0.3, 0.4) is 0 Å². The fourth-order valence-corrected chi connectivity index (χ4v) is 1.72. The summed E-state index contributed by atoms with van der Waals surface area (Å²) in [7, 11) is 1.55. The van der Waals surface area contributed by atoms with Crippen molar-refractivity contribution in [3.63, 3.8) is 0 Å². The second-order valence-corrected chi connectivity index (χ2v) is 4.13. The van der Waals surface area contributed by atoms with Crippen molar-refractivity contribution in [2.75, 3.05) is 19.0 Å². The number of nitrogens with one attached hydrogen (secondary N) is 1. The Bertz CT molecular complexity index is 394. The molecule has 0 atom stereocenters. The Morgan fingerprint density at radius 1 is 1.33 bits per heavy atom. The highest BCUT2D eigenvalue weighted by atomic mass is 16.6. The van der Waals surface area contributed by atoms with Gasteiger partial charge in [0.2, 0.25) is 0 Å². The third-order valence-electron chi connectivity index (χ3n) is 2.75. The zero-order valence-corrected chi connectivity index (χ0v) is 10.9. The van der Waals surface area contributed by atoms with Crippen LogP contribution in [-0.4, -0.2) is 18.6 Å². The highest BCUT2D eigenvalue weighted by Gasteiger charge is 2.13. The van der Waals surface area contributed by atoms with E-state index >= 15 is 0 Å². The van der Waals surface area contributed by atoms with Gasteiger partial charge in [-0.3, -0.25) is 10.1 Å². The molecule has 18 heavy (non-hydrogen) atoms. The van der Waals surface area contributed by atoms with E-state index in [1.807, 2.05) is 0 Å². The van der Waals surface area contributed by atoms with E-state index in [4.69, 9.17) is 4.74 Å². The van der Waals surface area contributed by atoms with Crippen molar-refractivity contribution in [3.05, 3.63) is 28.3 Å². The molecular formula is C13H20N2O3. The number of ether oxygens (including phenoxy) is 1. The lowest BCUT2D eigenvalue weighted by molar-refractivity contribution is -0.384. The van der Waals surface area contributed by atoms with Gasteiger partial charge < -0.3 is 10.1 Å². The number of unbranched alkanes of at least 4 members (excludes halogenated alkanes) is 3. The monoisotopic (exact) mass is 252 g/mol. The van der Waals surface area contributed by atoms with Crippen molar-refractivity contribution in [1.29, 1.82) is 0 Å². The minimum Gasteiger partial charge on any atom is -0.497 e. The van der Waals surface area contributed by atoms with Crippen LogP contribution in [0.5, 0.6) is 5.75 Å². The lowest BCUT2D eigenvalue weighted by atomic mass is 10.2. The first kappa shape index (κ1) is 14.3. The van der Waals surface area contributed by atoms with Crippen molar-refractivity contribution in [1.82, 2.24) is 0 Å².